The van der Waals surface area contributed by atoms with Gasteiger partial charge in [-0.3, -0.25) is 4.79 Å². The van der Waals surface area contributed by atoms with Crippen LogP contribution in [0.4, 0.5) is 10.5 Å². The van der Waals surface area contributed by atoms with Crippen molar-refractivity contribution < 1.29 is 28.6 Å². The molecule has 0 fully saturated rings. The van der Waals surface area contributed by atoms with E-state index in [2.05, 4.69) is 15.6 Å². The van der Waals surface area contributed by atoms with Crippen molar-refractivity contribution in [1.29, 1.82) is 0 Å². The molecule has 0 saturated carbocycles. The first-order chi connectivity index (χ1) is 19.1. The third-order valence-electron chi connectivity index (χ3n) is 5.82. The first-order valence-electron chi connectivity index (χ1n) is 13.2. The molecule has 4 rings (SSSR count). The highest BCUT2D eigenvalue weighted by Crippen LogP contribution is 2.36. The SMILES string of the molecule is CCOC(=O)c1cc(C)[nH]c1/C=C1\C(=O)Nc2ccc(-c3ccccc3OCCCNC(=O)OC(C)(C)C)nc21. The van der Waals surface area contributed by atoms with E-state index in [4.69, 9.17) is 19.2 Å². The Morgan fingerprint density at radius 3 is 2.65 bits per heavy atom. The predicted octanol–water partition coefficient (Wildman–Crippen LogP) is 5.35. The molecule has 2 amide bonds. The number of ether oxygens (including phenoxy) is 3. The van der Waals surface area contributed by atoms with Gasteiger partial charge in [-0.15, -0.1) is 0 Å². The Bertz CT molecular complexity index is 1450. The molecule has 0 saturated heterocycles. The number of H-pyrrole nitrogens is 1. The van der Waals surface area contributed by atoms with Crippen molar-refractivity contribution >= 4 is 35.3 Å². The molecule has 1 aliphatic heterocycles. The van der Waals surface area contributed by atoms with E-state index in [1.807, 2.05) is 58.0 Å². The van der Waals surface area contributed by atoms with Gasteiger partial charge < -0.3 is 29.8 Å². The number of aryl methyl sites for hydroxylation is 1. The third-order valence-corrected chi connectivity index (χ3v) is 5.82. The molecule has 3 N–H and O–H groups in total. The molecule has 210 valence electrons. The second-order valence-electron chi connectivity index (χ2n) is 10.2. The summed E-state index contributed by atoms with van der Waals surface area (Å²) in [5, 5.41) is 5.56. The largest absolute Gasteiger partial charge is 0.493 e. The van der Waals surface area contributed by atoms with Crippen LogP contribution >= 0.6 is 0 Å². The number of para-hydroxylation sites is 1. The number of amides is 2. The van der Waals surface area contributed by atoms with Gasteiger partial charge >= 0.3 is 12.1 Å². The number of carbonyl (C=O) groups excluding carboxylic acids is 3. The summed E-state index contributed by atoms with van der Waals surface area (Å²) in [6, 6.07) is 12.8. The Morgan fingerprint density at radius 1 is 1.12 bits per heavy atom. The highest BCUT2D eigenvalue weighted by Gasteiger charge is 2.28. The molecule has 10 nitrogen and oxygen atoms in total. The molecule has 3 aromatic rings. The molecule has 3 heterocycles. The lowest BCUT2D eigenvalue weighted by atomic mass is 10.1. The molecule has 1 aliphatic rings. The summed E-state index contributed by atoms with van der Waals surface area (Å²) in [6.45, 7) is 10.0. The second kappa shape index (κ2) is 12.1. The van der Waals surface area contributed by atoms with Gasteiger partial charge in [-0.2, -0.15) is 0 Å². The van der Waals surface area contributed by atoms with Crippen LogP contribution in [0, 0.1) is 6.92 Å². The fourth-order valence-electron chi connectivity index (χ4n) is 4.16. The summed E-state index contributed by atoms with van der Waals surface area (Å²) in [4.78, 5) is 45.1. The van der Waals surface area contributed by atoms with Gasteiger partial charge in [0.25, 0.3) is 5.91 Å². The number of anilines is 1. The number of esters is 1. The van der Waals surface area contributed by atoms with Gasteiger partial charge in [0.1, 0.15) is 17.0 Å². The van der Waals surface area contributed by atoms with E-state index < -0.39 is 17.7 Å². The highest BCUT2D eigenvalue weighted by atomic mass is 16.6. The standard InChI is InChI=1S/C30H34N4O6/c1-6-38-28(36)20-16-18(2)32-24(20)17-21-26-23(34-27(21)35)13-12-22(33-26)19-10-7-8-11-25(19)39-15-9-14-31-29(37)40-30(3,4)5/h7-8,10-13,16-17,32H,6,9,14-15H2,1-5H3,(H,31,37)(H,34,35)/b21-17-. The van der Waals surface area contributed by atoms with Crippen LogP contribution in [0.1, 0.15) is 61.6 Å². The lowest BCUT2D eigenvalue weighted by molar-refractivity contribution is -0.110. The van der Waals surface area contributed by atoms with Crippen LogP contribution in [0.3, 0.4) is 0 Å². The molecule has 1 aromatic carbocycles. The Balaban J connectivity index is 1.52. The molecule has 10 heteroatoms. The van der Waals surface area contributed by atoms with E-state index >= 15 is 0 Å². The number of pyridine rings is 1. The topological polar surface area (TPSA) is 132 Å². The normalized spacial score (nSPS) is 13.5. The van der Waals surface area contributed by atoms with Gasteiger partial charge in [-0.05, 0) is 77.4 Å². The highest BCUT2D eigenvalue weighted by molar-refractivity contribution is 6.34. The van der Waals surface area contributed by atoms with Crippen molar-refractivity contribution in [2.75, 3.05) is 25.1 Å². The number of rotatable bonds is 9. The molecule has 0 unspecified atom stereocenters. The molecule has 40 heavy (non-hydrogen) atoms. The Morgan fingerprint density at radius 2 is 1.90 bits per heavy atom. The first kappa shape index (κ1) is 28.4. The zero-order valence-electron chi connectivity index (χ0n) is 23.3. The summed E-state index contributed by atoms with van der Waals surface area (Å²) < 4.78 is 16.4. The van der Waals surface area contributed by atoms with Gasteiger partial charge in [0.2, 0.25) is 0 Å². The lowest BCUT2D eigenvalue weighted by Gasteiger charge is -2.19. The minimum absolute atomic E-state index is 0.245. The van der Waals surface area contributed by atoms with Crippen LogP contribution < -0.4 is 15.4 Å². The number of nitrogens with zero attached hydrogens (tertiary/aromatic N) is 1. The van der Waals surface area contributed by atoms with Crippen LogP contribution in [-0.4, -0.2) is 53.3 Å². The van der Waals surface area contributed by atoms with Crippen molar-refractivity contribution in [2.24, 2.45) is 0 Å². The Labute approximate surface area is 233 Å². The van der Waals surface area contributed by atoms with E-state index in [9.17, 15) is 14.4 Å². The number of aromatic amines is 1. The van der Waals surface area contributed by atoms with Crippen LogP contribution in [0.25, 0.3) is 22.9 Å². The summed E-state index contributed by atoms with van der Waals surface area (Å²) in [6.07, 6.45) is 1.73. The molecule has 0 radical (unpaired) electrons. The predicted molar refractivity (Wildman–Crippen MR) is 152 cm³/mol. The average Bonchev–Trinajstić information content (AvgIpc) is 3.41. The van der Waals surface area contributed by atoms with Crippen molar-refractivity contribution in [3.63, 3.8) is 0 Å². The maximum atomic E-state index is 12.9. The summed E-state index contributed by atoms with van der Waals surface area (Å²) in [5.74, 6) is -0.158. The van der Waals surface area contributed by atoms with Crippen LogP contribution in [-0.2, 0) is 14.3 Å². The number of nitrogens with one attached hydrogen (secondary N) is 3. The van der Waals surface area contributed by atoms with E-state index in [1.165, 1.54) is 0 Å². The first-order valence-corrected chi connectivity index (χ1v) is 13.2. The number of carbonyl (C=O) groups is 3. The monoisotopic (exact) mass is 546 g/mol. The molecule has 2 aromatic heterocycles. The number of aromatic nitrogens is 2. The zero-order chi connectivity index (χ0) is 28.9. The fourth-order valence-corrected chi connectivity index (χ4v) is 4.16. The number of benzene rings is 1. The number of hydrogen-bond acceptors (Lipinski definition) is 7. The van der Waals surface area contributed by atoms with E-state index in [0.717, 1.165) is 11.3 Å². The number of alkyl carbamates (subject to hydrolysis) is 1. The average molecular weight is 547 g/mol. The molecular formula is C30H34N4O6. The van der Waals surface area contributed by atoms with E-state index in [0.29, 0.717) is 59.2 Å². The van der Waals surface area contributed by atoms with Gasteiger partial charge in [-0.1, -0.05) is 12.1 Å². The van der Waals surface area contributed by atoms with Gasteiger partial charge in [0.15, 0.2) is 0 Å². The summed E-state index contributed by atoms with van der Waals surface area (Å²) in [7, 11) is 0. The van der Waals surface area contributed by atoms with Crippen LogP contribution in [0.2, 0.25) is 0 Å². The molecule has 0 spiro atoms. The zero-order valence-corrected chi connectivity index (χ0v) is 23.3. The molecule has 0 bridgehead atoms. The van der Waals surface area contributed by atoms with E-state index in [1.54, 1.807) is 25.1 Å². The number of fused-ring (bicyclic) bond motifs is 1. The molecular weight excluding hydrogens is 512 g/mol. The fraction of sp³-hybridized carbons (Fsp3) is 0.333. The maximum absolute atomic E-state index is 12.9. The smallest absolute Gasteiger partial charge is 0.407 e. The minimum Gasteiger partial charge on any atom is -0.493 e. The van der Waals surface area contributed by atoms with Gasteiger partial charge in [0.05, 0.1) is 41.4 Å². The third kappa shape index (κ3) is 6.88. The summed E-state index contributed by atoms with van der Waals surface area (Å²) in [5.41, 5.74) is 3.80. The van der Waals surface area contributed by atoms with Crippen molar-refractivity contribution in [3.05, 3.63) is 65.1 Å². The lowest BCUT2D eigenvalue weighted by Crippen LogP contribution is -2.33. The molecule has 0 aliphatic carbocycles. The van der Waals surface area contributed by atoms with Crippen molar-refractivity contribution in [1.82, 2.24) is 15.3 Å². The minimum atomic E-state index is -0.554. The second-order valence-corrected chi connectivity index (χ2v) is 10.2. The van der Waals surface area contributed by atoms with E-state index in [-0.39, 0.29) is 12.5 Å². The van der Waals surface area contributed by atoms with Crippen molar-refractivity contribution in [2.45, 2.75) is 46.6 Å². The summed E-state index contributed by atoms with van der Waals surface area (Å²) >= 11 is 0. The molecule has 0 atom stereocenters. The maximum Gasteiger partial charge on any atom is 0.407 e. The Hall–Kier alpha value is -4.60. The quantitative estimate of drug-likeness (QED) is 0.187. The van der Waals surface area contributed by atoms with Gasteiger partial charge in [-0.25, -0.2) is 14.6 Å². The van der Waals surface area contributed by atoms with Crippen molar-refractivity contribution in [3.8, 4) is 17.0 Å². The van der Waals surface area contributed by atoms with Crippen LogP contribution in [0.15, 0.2) is 42.5 Å². The van der Waals surface area contributed by atoms with Crippen LogP contribution in [0.5, 0.6) is 5.75 Å². The van der Waals surface area contributed by atoms with Gasteiger partial charge in [0, 0.05) is 17.8 Å². The number of hydrogen-bond donors (Lipinski definition) is 3. The Kier molecular flexibility index (Phi) is 8.57.